The van der Waals surface area contributed by atoms with Crippen LogP contribution in [0.5, 0.6) is 0 Å². The molecule has 0 aliphatic carbocycles. The smallest absolute Gasteiger partial charge is 1.00 e. The van der Waals surface area contributed by atoms with Crippen molar-refractivity contribution in [3.63, 3.8) is 0 Å². The van der Waals surface area contributed by atoms with Crippen molar-refractivity contribution in [2.45, 2.75) is 18.9 Å². The third kappa shape index (κ3) is 8.38. The molecule has 0 rings (SSSR count). The van der Waals surface area contributed by atoms with E-state index in [0.29, 0.717) is 0 Å². The maximum absolute atomic E-state index is 9.99. The topological polar surface area (TPSA) is 101 Å². The largest absolute Gasteiger partial charge is 2.00 e. The number of carbonyl (C=O) groups is 2. The van der Waals surface area contributed by atoms with Gasteiger partial charge >= 0.3 is 60.8 Å². The Hall–Kier alpha value is 0.471. The molecule has 0 aliphatic rings. The predicted molar refractivity (Wildman–Crippen MR) is 40.5 cm³/mol. The van der Waals surface area contributed by atoms with Crippen LogP contribution in [-0.2, 0) is 9.59 Å². The molecule has 11 heavy (non-hydrogen) atoms. The Morgan fingerprint density at radius 1 is 1.45 bits per heavy atom. The van der Waals surface area contributed by atoms with Gasteiger partial charge in [-0.05, 0) is 6.42 Å². The number of carboxylic acid groups (broad SMARTS) is 2. The number of rotatable bonds is 4. The molecule has 0 radical (unpaired) electrons. The van der Waals surface area contributed by atoms with Gasteiger partial charge in [0.15, 0.2) is 0 Å². The van der Waals surface area contributed by atoms with Gasteiger partial charge in [0.1, 0.15) is 6.04 Å². The van der Waals surface area contributed by atoms with Gasteiger partial charge in [-0.1, -0.05) is 0 Å². The number of nitrogens with two attached hydrogens (primary N) is 1. The first-order valence-corrected chi connectivity index (χ1v) is 2.74. The van der Waals surface area contributed by atoms with Crippen molar-refractivity contribution >= 4 is 60.8 Å². The Morgan fingerprint density at radius 2 is 1.91 bits per heavy atom. The summed E-state index contributed by atoms with van der Waals surface area (Å²) < 4.78 is 0. The van der Waals surface area contributed by atoms with Gasteiger partial charge in [0.25, 0.3) is 0 Å². The van der Waals surface area contributed by atoms with E-state index < -0.39 is 18.0 Å². The van der Waals surface area contributed by atoms with Crippen LogP contribution in [0, 0.1) is 0 Å². The Morgan fingerprint density at radius 3 is 2.18 bits per heavy atom. The number of aliphatic carboxylic acids is 2. The second kappa shape index (κ2) is 7.14. The van der Waals surface area contributed by atoms with E-state index >= 15 is 0 Å². The van der Waals surface area contributed by atoms with Gasteiger partial charge in [0.05, 0.1) is 0 Å². The average Bonchev–Trinajstić information content (AvgIpc) is 1.82. The van der Waals surface area contributed by atoms with Crippen LogP contribution in [0.4, 0.5) is 0 Å². The van der Waals surface area contributed by atoms with E-state index in [-0.39, 0.29) is 64.6 Å². The van der Waals surface area contributed by atoms with Crippen molar-refractivity contribution in [3.05, 3.63) is 0 Å². The summed E-state index contributed by atoms with van der Waals surface area (Å²) in [6.07, 6.45) is -0.224. The Bertz CT molecular complexity index is 157. The molecule has 0 aromatic heterocycles. The summed E-state index contributed by atoms with van der Waals surface area (Å²) in [5.41, 5.74) is 5.00. The number of hydrogen-bond acceptors (Lipinski definition) is 3. The van der Waals surface area contributed by atoms with Crippen molar-refractivity contribution in [2.75, 3.05) is 0 Å². The third-order valence-corrected chi connectivity index (χ3v) is 0.986. The second-order valence-corrected chi connectivity index (χ2v) is 1.88. The normalized spacial score (nSPS) is 11.4. The third-order valence-electron chi connectivity index (χ3n) is 0.986. The van der Waals surface area contributed by atoms with Gasteiger partial charge in [-0.15, -0.1) is 0 Å². The molecule has 0 fully saturated rings. The van der Waals surface area contributed by atoms with Crippen molar-refractivity contribution in [1.29, 1.82) is 0 Å². The van der Waals surface area contributed by atoms with E-state index in [1.807, 2.05) is 0 Å². The fraction of sp³-hybridized carbons (Fsp3) is 0.600. The van der Waals surface area contributed by atoms with Crippen LogP contribution in [0.2, 0.25) is 0 Å². The van der Waals surface area contributed by atoms with Crippen LogP contribution in [0.15, 0.2) is 0 Å². The summed E-state index contributed by atoms with van der Waals surface area (Å²) in [5.74, 6) is -2.20. The minimum absolute atomic E-state index is 0. The van der Waals surface area contributed by atoms with Crippen LogP contribution in [0.3, 0.4) is 0 Å². The minimum Gasteiger partial charge on any atom is -1.00 e. The molecule has 0 heterocycles. The quantitative estimate of drug-likeness (QED) is 0.582. The number of hydrogen-bond donors (Lipinski definition) is 3. The van der Waals surface area contributed by atoms with E-state index in [2.05, 4.69) is 0 Å². The minimum atomic E-state index is -1.17. The Balaban J connectivity index is -0.000000135. The van der Waals surface area contributed by atoms with Crippen LogP contribution >= 0.6 is 0 Å². The van der Waals surface area contributed by atoms with Gasteiger partial charge in [-0.3, -0.25) is 9.59 Å². The first-order chi connectivity index (χ1) is 4.54. The van der Waals surface area contributed by atoms with E-state index in [1.165, 1.54) is 0 Å². The standard InChI is InChI=1S/C5H9NO4.Ba.2H/c6-3(5(9)10)1-2-4(7)8;;;/h3H,1-2,6H2,(H,7,8)(H,9,10);;;/q;+2;2*-1. The zero-order valence-corrected chi connectivity index (χ0v) is 10.4. The average molecular weight is 286 g/mol. The Kier molecular flexibility index (Phi) is 9.10. The first-order valence-electron chi connectivity index (χ1n) is 2.74. The molecular formula is C5H11BaNO4. The van der Waals surface area contributed by atoms with Crippen molar-refractivity contribution in [1.82, 2.24) is 0 Å². The molecule has 0 saturated heterocycles. The molecule has 0 aromatic rings. The van der Waals surface area contributed by atoms with E-state index in [4.69, 9.17) is 15.9 Å². The fourth-order valence-electron chi connectivity index (χ4n) is 0.402. The van der Waals surface area contributed by atoms with Gasteiger partial charge in [-0.25, -0.2) is 0 Å². The monoisotopic (exact) mass is 287 g/mol. The molecule has 0 bridgehead atoms. The van der Waals surface area contributed by atoms with Crippen LogP contribution in [0.25, 0.3) is 0 Å². The van der Waals surface area contributed by atoms with Crippen molar-refractivity contribution in [2.24, 2.45) is 5.73 Å². The Labute approximate surface area is 107 Å². The maximum atomic E-state index is 9.99. The summed E-state index contributed by atoms with van der Waals surface area (Å²) in [5, 5.41) is 16.3. The molecule has 0 amide bonds. The van der Waals surface area contributed by atoms with Gasteiger partial charge in [-0.2, -0.15) is 0 Å². The van der Waals surface area contributed by atoms with Crippen LogP contribution in [0.1, 0.15) is 15.7 Å². The van der Waals surface area contributed by atoms with Gasteiger partial charge in [0.2, 0.25) is 0 Å². The van der Waals surface area contributed by atoms with Crippen molar-refractivity contribution < 1.29 is 22.7 Å². The molecule has 4 N–H and O–H groups in total. The fourth-order valence-corrected chi connectivity index (χ4v) is 0.402. The maximum Gasteiger partial charge on any atom is 2.00 e. The molecule has 1 unspecified atom stereocenters. The van der Waals surface area contributed by atoms with Gasteiger partial charge in [0, 0.05) is 6.42 Å². The molecule has 0 aliphatic heterocycles. The summed E-state index contributed by atoms with van der Waals surface area (Å²) in [7, 11) is 0. The van der Waals surface area contributed by atoms with Gasteiger partial charge < -0.3 is 18.8 Å². The molecule has 0 spiro atoms. The van der Waals surface area contributed by atoms with E-state index in [1.54, 1.807) is 0 Å². The summed E-state index contributed by atoms with van der Waals surface area (Å²) >= 11 is 0. The summed E-state index contributed by atoms with van der Waals surface area (Å²) in [4.78, 5) is 19.9. The molecule has 0 saturated carbocycles. The molecule has 5 nitrogen and oxygen atoms in total. The summed E-state index contributed by atoms with van der Waals surface area (Å²) in [6, 6.07) is -1.06. The van der Waals surface area contributed by atoms with E-state index in [0.717, 1.165) is 0 Å². The first kappa shape index (κ1) is 14.0. The zero-order valence-electron chi connectivity index (χ0n) is 7.99. The van der Waals surface area contributed by atoms with Crippen LogP contribution < -0.4 is 5.73 Å². The molecule has 6 heteroatoms. The molecule has 1 atom stereocenters. The zero-order chi connectivity index (χ0) is 8.15. The SMILES string of the molecule is NC(CCC(=O)O)C(=O)O.[Ba+2].[H-].[H-]. The van der Waals surface area contributed by atoms with Crippen LogP contribution in [-0.4, -0.2) is 77.1 Å². The van der Waals surface area contributed by atoms with E-state index in [9.17, 15) is 9.59 Å². The molecule has 62 valence electrons. The number of carboxylic acids is 2. The summed E-state index contributed by atoms with van der Waals surface area (Å²) in [6.45, 7) is 0. The predicted octanol–water partition coefficient (Wildman–Crippen LogP) is -0.893. The second-order valence-electron chi connectivity index (χ2n) is 1.88. The molecule has 0 aromatic carbocycles. The molecular weight excluding hydrogens is 275 g/mol. The van der Waals surface area contributed by atoms with Crippen molar-refractivity contribution in [3.8, 4) is 0 Å².